The van der Waals surface area contributed by atoms with Gasteiger partial charge in [0.2, 0.25) is 0 Å². The first-order chi connectivity index (χ1) is 5.65. The molecule has 0 radical (unpaired) electrons. The minimum atomic E-state index is -0.541. The molecule has 0 saturated carbocycles. The van der Waals surface area contributed by atoms with Crippen LogP contribution < -0.4 is 0 Å². The summed E-state index contributed by atoms with van der Waals surface area (Å²) in [6.07, 6.45) is 0. The van der Waals surface area contributed by atoms with Crippen molar-refractivity contribution >= 4 is 11.4 Å². The Balaban J connectivity index is 3.34. The maximum absolute atomic E-state index is 10.4. The quantitative estimate of drug-likeness (QED) is 0.361. The highest BCUT2D eigenvalue weighted by molar-refractivity contribution is 5.63. The molecule has 0 aliphatic carbocycles. The molecule has 1 aromatic rings. The minimum Gasteiger partial charge on any atom is -0.260 e. The number of benzene rings is 1. The third kappa shape index (κ3) is 1.40. The summed E-state index contributed by atoms with van der Waals surface area (Å²) in [4.78, 5) is 12.9. The first-order valence-corrected chi connectivity index (χ1v) is 3.27. The van der Waals surface area contributed by atoms with E-state index in [1.54, 1.807) is 13.0 Å². The third-order valence-electron chi connectivity index (χ3n) is 1.45. The predicted octanol–water partition coefficient (Wildman–Crippen LogP) is 2.45. The van der Waals surface area contributed by atoms with Gasteiger partial charge in [-0.3, -0.25) is 10.1 Å². The van der Waals surface area contributed by atoms with E-state index in [4.69, 9.17) is 6.57 Å². The zero-order valence-electron chi connectivity index (χ0n) is 6.44. The molecule has 0 bridgehead atoms. The molecular weight excluding hydrogens is 156 g/mol. The van der Waals surface area contributed by atoms with Gasteiger partial charge >= 0.3 is 0 Å². The summed E-state index contributed by atoms with van der Waals surface area (Å²) in [6, 6.07) is 4.54. The summed E-state index contributed by atoms with van der Waals surface area (Å²) < 4.78 is 0. The van der Waals surface area contributed by atoms with Gasteiger partial charge in [-0.25, -0.2) is 4.85 Å². The van der Waals surface area contributed by atoms with Crippen LogP contribution >= 0.6 is 0 Å². The lowest BCUT2D eigenvalue weighted by molar-refractivity contribution is -0.383. The monoisotopic (exact) mass is 162 g/mol. The van der Waals surface area contributed by atoms with Gasteiger partial charge in [0.15, 0.2) is 0 Å². The van der Waals surface area contributed by atoms with Crippen molar-refractivity contribution in [3.05, 3.63) is 45.3 Å². The maximum atomic E-state index is 10.4. The fourth-order valence-corrected chi connectivity index (χ4v) is 0.874. The van der Waals surface area contributed by atoms with Crippen LogP contribution in [0.2, 0.25) is 0 Å². The van der Waals surface area contributed by atoms with Gasteiger partial charge in [0.25, 0.3) is 11.4 Å². The number of hydrogen-bond donors (Lipinski definition) is 0. The Morgan fingerprint density at radius 2 is 2.25 bits per heavy atom. The molecule has 0 heterocycles. The normalized spacial score (nSPS) is 9.00. The molecule has 0 spiro atoms. The number of hydrogen-bond acceptors (Lipinski definition) is 2. The standard InChI is InChI=1S/C8H6N2O2/c1-6-3-4-7(9-2)8(5-6)10(11)12/h3-5H,1H3. The van der Waals surface area contributed by atoms with Gasteiger partial charge < -0.3 is 0 Å². The molecule has 0 unspecified atom stereocenters. The SMILES string of the molecule is [C-]#[N+]c1ccc(C)cc1[N+](=O)[O-]. The molecule has 0 aliphatic heterocycles. The molecule has 12 heavy (non-hydrogen) atoms. The van der Waals surface area contributed by atoms with Gasteiger partial charge in [0, 0.05) is 6.07 Å². The fraction of sp³-hybridized carbons (Fsp3) is 0.125. The van der Waals surface area contributed by atoms with Crippen LogP contribution in [0.15, 0.2) is 18.2 Å². The largest absolute Gasteiger partial charge is 0.279 e. The van der Waals surface area contributed by atoms with Gasteiger partial charge in [-0.2, -0.15) is 0 Å². The second-order valence-corrected chi connectivity index (χ2v) is 2.36. The van der Waals surface area contributed by atoms with Crippen molar-refractivity contribution in [1.29, 1.82) is 0 Å². The number of nitrogens with zero attached hydrogens (tertiary/aromatic N) is 2. The van der Waals surface area contributed by atoms with Crippen molar-refractivity contribution in [2.45, 2.75) is 6.92 Å². The second-order valence-electron chi connectivity index (χ2n) is 2.36. The number of nitro groups is 1. The second kappa shape index (κ2) is 3.01. The molecule has 0 amide bonds. The lowest BCUT2D eigenvalue weighted by Crippen LogP contribution is -1.88. The van der Waals surface area contributed by atoms with Crippen molar-refractivity contribution in [1.82, 2.24) is 0 Å². The van der Waals surface area contributed by atoms with Crippen LogP contribution in [0, 0.1) is 23.6 Å². The first-order valence-electron chi connectivity index (χ1n) is 3.27. The smallest absolute Gasteiger partial charge is 0.260 e. The lowest BCUT2D eigenvalue weighted by atomic mass is 10.2. The Kier molecular flexibility index (Phi) is 2.06. The topological polar surface area (TPSA) is 47.5 Å². The molecule has 0 N–H and O–H groups in total. The van der Waals surface area contributed by atoms with Crippen LogP contribution in [0.3, 0.4) is 0 Å². The highest BCUT2D eigenvalue weighted by Gasteiger charge is 2.12. The van der Waals surface area contributed by atoms with Gasteiger partial charge in [0.1, 0.15) is 0 Å². The summed E-state index contributed by atoms with van der Waals surface area (Å²) >= 11 is 0. The molecular formula is C8H6N2O2. The molecule has 0 saturated heterocycles. The van der Waals surface area contributed by atoms with Gasteiger partial charge in [-0.15, -0.1) is 0 Å². The zero-order valence-corrected chi connectivity index (χ0v) is 6.44. The summed E-state index contributed by atoms with van der Waals surface area (Å²) in [6.45, 7) is 8.42. The Bertz CT molecular complexity index is 366. The Morgan fingerprint density at radius 3 is 2.75 bits per heavy atom. The van der Waals surface area contributed by atoms with Crippen molar-refractivity contribution in [2.75, 3.05) is 0 Å². The average molecular weight is 162 g/mol. The molecule has 1 rings (SSSR count). The van der Waals surface area contributed by atoms with Crippen LogP contribution in [-0.2, 0) is 0 Å². The van der Waals surface area contributed by atoms with Gasteiger partial charge in [-0.1, -0.05) is 6.07 Å². The van der Waals surface area contributed by atoms with E-state index in [1.807, 2.05) is 0 Å². The van der Waals surface area contributed by atoms with Crippen LogP contribution in [0.4, 0.5) is 11.4 Å². The Labute approximate surface area is 69.4 Å². The van der Waals surface area contributed by atoms with E-state index in [0.29, 0.717) is 0 Å². The average Bonchev–Trinajstić information content (AvgIpc) is 2.04. The highest BCUT2D eigenvalue weighted by Crippen LogP contribution is 2.27. The molecule has 60 valence electrons. The summed E-state index contributed by atoms with van der Waals surface area (Å²) in [5.74, 6) is 0. The molecule has 0 fully saturated rings. The molecule has 4 heteroatoms. The fourth-order valence-electron chi connectivity index (χ4n) is 0.874. The Hall–Kier alpha value is -1.89. The summed E-state index contributed by atoms with van der Waals surface area (Å²) in [5.41, 5.74) is 0.754. The lowest BCUT2D eigenvalue weighted by Gasteiger charge is -1.95. The van der Waals surface area contributed by atoms with Crippen molar-refractivity contribution in [2.24, 2.45) is 0 Å². The van der Waals surface area contributed by atoms with Crippen molar-refractivity contribution < 1.29 is 4.92 Å². The van der Waals surface area contributed by atoms with E-state index in [0.717, 1.165) is 5.56 Å². The number of nitro benzene ring substituents is 1. The van der Waals surface area contributed by atoms with E-state index in [9.17, 15) is 10.1 Å². The van der Waals surface area contributed by atoms with Crippen molar-refractivity contribution in [3.63, 3.8) is 0 Å². The van der Waals surface area contributed by atoms with E-state index in [-0.39, 0.29) is 11.4 Å². The predicted molar refractivity (Wildman–Crippen MR) is 44.1 cm³/mol. The van der Waals surface area contributed by atoms with Gasteiger partial charge in [0.05, 0.1) is 11.5 Å². The van der Waals surface area contributed by atoms with Crippen LogP contribution in [0.5, 0.6) is 0 Å². The molecule has 0 atom stereocenters. The molecule has 0 aromatic heterocycles. The zero-order chi connectivity index (χ0) is 9.14. The molecule has 4 nitrogen and oxygen atoms in total. The van der Waals surface area contributed by atoms with E-state index < -0.39 is 4.92 Å². The first kappa shape index (κ1) is 8.21. The number of aryl methyl sites for hydroxylation is 1. The number of rotatable bonds is 1. The minimum absolute atomic E-state index is 0.0885. The molecule has 0 aliphatic rings. The van der Waals surface area contributed by atoms with Crippen LogP contribution in [0.25, 0.3) is 4.85 Å². The third-order valence-corrected chi connectivity index (χ3v) is 1.45. The summed E-state index contributed by atoms with van der Waals surface area (Å²) in [5, 5.41) is 10.4. The van der Waals surface area contributed by atoms with Crippen molar-refractivity contribution in [3.8, 4) is 0 Å². The summed E-state index contributed by atoms with van der Waals surface area (Å²) in [7, 11) is 0. The molecule has 1 aromatic carbocycles. The van der Waals surface area contributed by atoms with E-state index in [1.165, 1.54) is 12.1 Å². The van der Waals surface area contributed by atoms with E-state index in [2.05, 4.69) is 4.85 Å². The van der Waals surface area contributed by atoms with Crippen LogP contribution in [0.1, 0.15) is 5.56 Å². The van der Waals surface area contributed by atoms with Gasteiger partial charge in [-0.05, 0) is 18.6 Å². The Morgan fingerprint density at radius 1 is 1.58 bits per heavy atom. The maximum Gasteiger partial charge on any atom is 0.279 e. The van der Waals surface area contributed by atoms with Crippen LogP contribution in [-0.4, -0.2) is 4.92 Å². The highest BCUT2D eigenvalue weighted by atomic mass is 16.6. The van der Waals surface area contributed by atoms with E-state index >= 15 is 0 Å².